The summed E-state index contributed by atoms with van der Waals surface area (Å²) in [6, 6.07) is 15.3. The second-order valence-corrected chi connectivity index (χ2v) is 5.33. The molecule has 1 heterocycles. The van der Waals surface area contributed by atoms with Crippen molar-refractivity contribution < 1.29 is 4.79 Å². The largest absolute Gasteiger partial charge is 0.370 e. The number of carbonyl (C=O) groups is 1. The van der Waals surface area contributed by atoms with Crippen LogP contribution in [0.3, 0.4) is 0 Å². The maximum absolute atomic E-state index is 11.1. The van der Waals surface area contributed by atoms with Crippen molar-refractivity contribution in [2.45, 2.75) is 13.8 Å². The Hall–Kier alpha value is -3.15. The van der Waals surface area contributed by atoms with Crippen molar-refractivity contribution in [3.63, 3.8) is 0 Å². The molecule has 1 aromatic heterocycles. The second-order valence-electron chi connectivity index (χ2n) is 5.33. The minimum Gasteiger partial charge on any atom is -0.370 e. The van der Waals surface area contributed by atoms with E-state index in [4.69, 9.17) is 0 Å². The lowest BCUT2D eigenvalue weighted by Gasteiger charge is -2.11. The Bertz CT molecular complexity index is 861. The summed E-state index contributed by atoms with van der Waals surface area (Å²) in [4.78, 5) is 20.2. The molecule has 0 unspecified atom stereocenters. The average Bonchev–Trinajstić information content (AvgIpc) is 2.56. The summed E-state index contributed by atoms with van der Waals surface area (Å²) in [5.74, 6) is 1.24. The van der Waals surface area contributed by atoms with Gasteiger partial charge in [-0.1, -0.05) is 12.1 Å². The predicted octanol–water partition coefficient (Wildman–Crippen LogP) is 3.76. The number of para-hydroxylation sites is 1. The molecule has 24 heavy (non-hydrogen) atoms. The number of carbonyl (C=O) groups excluding carboxylic acids is 1. The predicted molar refractivity (Wildman–Crippen MR) is 97.7 cm³/mol. The summed E-state index contributed by atoms with van der Waals surface area (Å²) in [6.07, 6.45) is 0. The van der Waals surface area contributed by atoms with E-state index in [1.54, 1.807) is 0 Å². The van der Waals surface area contributed by atoms with Gasteiger partial charge in [-0.05, 0) is 43.3 Å². The van der Waals surface area contributed by atoms with Gasteiger partial charge in [0.25, 0.3) is 0 Å². The molecule has 0 aliphatic heterocycles. The lowest BCUT2D eigenvalue weighted by atomic mass is 10.2. The Kier molecular flexibility index (Phi) is 4.56. The van der Waals surface area contributed by atoms with Crippen LogP contribution in [0.2, 0.25) is 0 Å². The summed E-state index contributed by atoms with van der Waals surface area (Å²) in [5.41, 5.74) is 2.48. The minimum absolute atomic E-state index is 0.0937. The van der Waals surface area contributed by atoms with Gasteiger partial charge in [0.15, 0.2) is 0 Å². The molecule has 0 spiro atoms. The van der Waals surface area contributed by atoms with Gasteiger partial charge in [-0.15, -0.1) is 0 Å². The number of hydrogen-bond donors (Lipinski definition) is 3. The number of benzene rings is 2. The number of amides is 1. The molecular formula is C18H19N5O. The summed E-state index contributed by atoms with van der Waals surface area (Å²) in [5, 5.41) is 10.2. The highest BCUT2D eigenvalue weighted by atomic mass is 16.1. The molecule has 0 fully saturated rings. The monoisotopic (exact) mass is 321 g/mol. The zero-order chi connectivity index (χ0) is 16.9. The van der Waals surface area contributed by atoms with E-state index in [-0.39, 0.29) is 5.91 Å². The van der Waals surface area contributed by atoms with E-state index < -0.39 is 0 Å². The Morgan fingerprint density at radius 1 is 1.00 bits per heavy atom. The fourth-order valence-electron chi connectivity index (χ4n) is 2.40. The zero-order valence-corrected chi connectivity index (χ0v) is 13.6. The normalized spacial score (nSPS) is 10.4. The highest BCUT2D eigenvalue weighted by Gasteiger charge is 2.07. The number of rotatable bonds is 5. The molecular weight excluding hydrogens is 302 g/mol. The summed E-state index contributed by atoms with van der Waals surface area (Å²) in [7, 11) is 0. The molecule has 0 aliphatic carbocycles. The van der Waals surface area contributed by atoms with Crippen molar-refractivity contribution in [2.75, 3.05) is 22.5 Å². The van der Waals surface area contributed by atoms with E-state index >= 15 is 0 Å². The summed E-state index contributed by atoms with van der Waals surface area (Å²) < 4.78 is 0. The van der Waals surface area contributed by atoms with Gasteiger partial charge in [-0.25, -0.2) is 4.98 Å². The van der Waals surface area contributed by atoms with E-state index in [0.29, 0.717) is 5.95 Å². The van der Waals surface area contributed by atoms with Gasteiger partial charge >= 0.3 is 0 Å². The minimum atomic E-state index is -0.0937. The number of aromatic nitrogens is 2. The van der Waals surface area contributed by atoms with Crippen LogP contribution in [0, 0.1) is 0 Å². The molecule has 0 aliphatic rings. The van der Waals surface area contributed by atoms with Crippen molar-refractivity contribution in [1.29, 1.82) is 0 Å². The molecule has 0 bridgehead atoms. The van der Waals surface area contributed by atoms with Crippen LogP contribution in [0.15, 0.2) is 48.5 Å². The van der Waals surface area contributed by atoms with E-state index in [1.807, 2.05) is 55.5 Å². The molecule has 0 atom stereocenters. The maximum Gasteiger partial charge on any atom is 0.229 e. The van der Waals surface area contributed by atoms with E-state index in [1.165, 1.54) is 6.92 Å². The summed E-state index contributed by atoms with van der Waals surface area (Å²) >= 11 is 0. The fourth-order valence-corrected chi connectivity index (χ4v) is 2.40. The molecule has 1 amide bonds. The number of hydrogen-bond acceptors (Lipinski definition) is 5. The SMILES string of the molecule is CCNc1nc(Nc2ccc(NC(C)=O)cc2)nc2ccccc12. The van der Waals surface area contributed by atoms with Crippen molar-refractivity contribution in [3.8, 4) is 0 Å². The molecule has 2 aromatic carbocycles. The topological polar surface area (TPSA) is 78.9 Å². The first kappa shape index (κ1) is 15.7. The Morgan fingerprint density at radius 3 is 2.42 bits per heavy atom. The Labute approximate surface area is 140 Å². The van der Waals surface area contributed by atoms with Crippen LogP contribution in [0.25, 0.3) is 10.9 Å². The van der Waals surface area contributed by atoms with E-state index in [0.717, 1.165) is 34.6 Å². The van der Waals surface area contributed by atoms with Crippen LogP contribution >= 0.6 is 0 Å². The third-order valence-electron chi connectivity index (χ3n) is 3.41. The van der Waals surface area contributed by atoms with Gasteiger partial charge in [-0.2, -0.15) is 4.98 Å². The smallest absolute Gasteiger partial charge is 0.229 e. The van der Waals surface area contributed by atoms with Crippen LogP contribution in [-0.2, 0) is 4.79 Å². The number of nitrogens with zero attached hydrogens (tertiary/aromatic N) is 2. The first-order valence-electron chi connectivity index (χ1n) is 7.81. The van der Waals surface area contributed by atoms with Gasteiger partial charge in [0.2, 0.25) is 11.9 Å². The molecule has 3 N–H and O–H groups in total. The average molecular weight is 321 g/mol. The van der Waals surface area contributed by atoms with E-state index in [2.05, 4.69) is 25.9 Å². The number of nitrogens with one attached hydrogen (secondary N) is 3. The van der Waals surface area contributed by atoms with Gasteiger partial charge in [0.05, 0.1) is 5.52 Å². The molecule has 6 nitrogen and oxygen atoms in total. The van der Waals surface area contributed by atoms with Crippen molar-refractivity contribution >= 4 is 40.0 Å². The molecule has 122 valence electrons. The molecule has 3 rings (SSSR count). The Balaban J connectivity index is 1.88. The van der Waals surface area contributed by atoms with Crippen LogP contribution in [0.1, 0.15) is 13.8 Å². The van der Waals surface area contributed by atoms with Crippen molar-refractivity contribution in [2.24, 2.45) is 0 Å². The van der Waals surface area contributed by atoms with Crippen molar-refractivity contribution in [3.05, 3.63) is 48.5 Å². The third kappa shape index (κ3) is 3.60. The van der Waals surface area contributed by atoms with Crippen LogP contribution in [0.5, 0.6) is 0 Å². The lowest BCUT2D eigenvalue weighted by Crippen LogP contribution is -2.06. The van der Waals surface area contributed by atoms with Crippen LogP contribution in [0.4, 0.5) is 23.1 Å². The van der Waals surface area contributed by atoms with Gasteiger partial charge in [-0.3, -0.25) is 4.79 Å². The summed E-state index contributed by atoms with van der Waals surface area (Å²) in [6.45, 7) is 4.30. The second kappa shape index (κ2) is 6.95. The van der Waals surface area contributed by atoms with E-state index in [9.17, 15) is 4.79 Å². The van der Waals surface area contributed by atoms with Gasteiger partial charge < -0.3 is 16.0 Å². The molecule has 0 radical (unpaired) electrons. The first-order chi connectivity index (χ1) is 11.7. The van der Waals surface area contributed by atoms with Crippen LogP contribution in [-0.4, -0.2) is 22.4 Å². The molecule has 6 heteroatoms. The highest BCUT2D eigenvalue weighted by Crippen LogP contribution is 2.24. The molecule has 0 saturated carbocycles. The first-order valence-corrected chi connectivity index (χ1v) is 7.81. The van der Waals surface area contributed by atoms with Crippen LogP contribution < -0.4 is 16.0 Å². The standard InChI is InChI=1S/C18H19N5O/c1-3-19-17-15-6-4-5-7-16(15)22-18(23-17)21-14-10-8-13(9-11-14)20-12(2)24/h4-11H,3H2,1-2H3,(H,20,24)(H2,19,21,22,23). The maximum atomic E-state index is 11.1. The molecule has 3 aromatic rings. The van der Waals surface area contributed by atoms with Gasteiger partial charge in [0, 0.05) is 30.2 Å². The van der Waals surface area contributed by atoms with Crippen molar-refractivity contribution in [1.82, 2.24) is 9.97 Å². The number of anilines is 4. The third-order valence-corrected chi connectivity index (χ3v) is 3.41. The fraction of sp³-hybridized carbons (Fsp3) is 0.167. The Morgan fingerprint density at radius 2 is 1.71 bits per heavy atom. The zero-order valence-electron chi connectivity index (χ0n) is 13.6. The van der Waals surface area contributed by atoms with Gasteiger partial charge in [0.1, 0.15) is 5.82 Å². The quantitative estimate of drug-likeness (QED) is 0.667. The highest BCUT2D eigenvalue weighted by molar-refractivity contribution is 5.90. The molecule has 0 saturated heterocycles. The lowest BCUT2D eigenvalue weighted by molar-refractivity contribution is -0.114. The number of fused-ring (bicyclic) bond motifs is 1.